The maximum Gasteiger partial charge on any atom is 0.497 e. The molecule has 0 atom stereocenters. The maximum absolute atomic E-state index is 11.5. The highest BCUT2D eigenvalue weighted by Crippen LogP contribution is 2.36. The third kappa shape index (κ3) is 2.34. The van der Waals surface area contributed by atoms with Gasteiger partial charge in [0.2, 0.25) is 0 Å². The summed E-state index contributed by atoms with van der Waals surface area (Å²) in [6, 6.07) is 3.08. The molecule has 0 bridgehead atoms. The minimum absolute atomic E-state index is 0.00639. The van der Waals surface area contributed by atoms with Crippen LogP contribution in [-0.4, -0.2) is 35.5 Å². The summed E-state index contributed by atoms with van der Waals surface area (Å²) in [5.74, 6) is -0.724. The second kappa shape index (κ2) is 4.68. The van der Waals surface area contributed by atoms with E-state index < -0.39 is 24.2 Å². The van der Waals surface area contributed by atoms with Crippen molar-refractivity contribution in [3.63, 3.8) is 0 Å². The maximum atomic E-state index is 11.5. The van der Waals surface area contributed by atoms with Crippen molar-refractivity contribution in [1.82, 2.24) is 4.98 Å². The van der Waals surface area contributed by atoms with Gasteiger partial charge in [0.05, 0.1) is 11.2 Å². The number of carbonyl (C=O) groups is 2. The SMILES string of the molecule is CC1(C)OB(c2ccc(C=O)nc2C(N)=O)OC1(C)C. The Morgan fingerprint density at radius 3 is 2.25 bits per heavy atom. The van der Waals surface area contributed by atoms with Crippen molar-refractivity contribution in [2.75, 3.05) is 0 Å². The van der Waals surface area contributed by atoms with Gasteiger partial charge in [0.1, 0.15) is 11.4 Å². The zero-order valence-electron chi connectivity index (χ0n) is 12.0. The summed E-state index contributed by atoms with van der Waals surface area (Å²) in [7, 11) is -0.740. The summed E-state index contributed by atoms with van der Waals surface area (Å²) in [6.45, 7) is 7.63. The lowest BCUT2D eigenvalue weighted by Crippen LogP contribution is -2.41. The fourth-order valence-electron chi connectivity index (χ4n) is 1.91. The second-order valence-corrected chi connectivity index (χ2v) is 5.74. The summed E-state index contributed by atoms with van der Waals surface area (Å²) in [6.07, 6.45) is 0.556. The number of hydrogen-bond acceptors (Lipinski definition) is 5. The van der Waals surface area contributed by atoms with Crippen molar-refractivity contribution in [2.24, 2.45) is 5.73 Å². The van der Waals surface area contributed by atoms with Crippen LogP contribution < -0.4 is 11.2 Å². The second-order valence-electron chi connectivity index (χ2n) is 5.74. The van der Waals surface area contributed by atoms with Gasteiger partial charge in [-0.1, -0.05) is 6.07 Å². The predicted octanol–water partition coefficient (Wildman–Crippen LogP) is 0.292. The normalized spacial score (nSPS) is 19.9. The van der Waals surface area contributed by atoms with E-state index in [1.807, 2.05) is 27.7 Å². The number of amides is 1. The minimum atomic E-state index is -0.740. The first-order valence-corrected chi connectivity index (χ1v) is 6.29. The number of pyridine rings is 1. The molecular formula is C13H17BN2O4. The quantitative estimate of drug-likeness (QED) is 0.633. The molecule has 0 spiro atoms. The average Bonchev–Trinajstić information content (AvgIpc) is 2.57. The van der Waals surface area contributed by atoms with Crippen LogP contribution in [0.5, 0.6) is 0 Å². The summed E-state index contributed by atoms with van der Waals surface area (Å²) in [5.41, 5.74) is 4.81. The average molecular weight is 276 g/mol. The van der Waals surface area contributed by atoms with E-state index in [4.69, 9.17) is 15.0 Å². The number of nitrogens with two attached hydrogens (primary N) is 1. The Kier molecular flexibility index (Phi) is 3.43. The highest BCUT2D eigenvalue weighted by Gasteiger charge is 2.52. The van der Waals surface area contributed by atoms with Gasteiger partial charge in [0.25, 0.3) is 5.91 Å². The number of hydrogen-bond donors (Lipinski definition) is 1. The van der Waals surface area contributed by atoms with Gasteiger partial charge in [-0.05, 0) is 33.8 Å². The van der Waals surface area contributed by atoms with Crippen LogP contribution in [0.15, 0.2) is 12.1 Å². The summed E-state index contributed by atoms with van der Waals surface area (Å²) in [4.78, 5) is 26.2. The van der Waals surface area contributed by atoms with Gasteiger partial charge in [-0.3, -0.25) is 9.59 Å². The Morgan fingerprint density at radius 2 is 1.80 bits per heavy atom. The Labute approximate surface area is 117 Å². The fraction of sp³-hybridized carbons (Fsp3) is 0.462. The molecule has 0 aromatic carbocycles. The predicted molar refractivity (Wildman–Crippen MR) is 73.9 cm³/mol. The molecule has 1 saturated heterocycles. The van der Waals surface area contributed by atoms with Gasteiger partial charge in [-0.15, -0.1) is 0 Å². The first-order valence-electron chi connectivity index (χ1n) is 6.29. The van der Waals surface area contributed by atoms with Crippen molar-refractivity contribution < 1.29 is 18.9 Å². The molecule has 2 N–H and O–H groups in total. The number of rotatable bonds is 3. The number of primary amides is 1. The molecule has 2 rings (SSSR count). The first kappa shape index (κ1) is 14.7. The van der Waals surface area contributed by atoms with Gasteiger partial charge < -0.3 is 15.0 Å². The highest BCUT2D eigenvalue weighted by atomic mass is 16.7. The van der Waals surface area contributed by atoms with Crippen LogP contribution in [0.1, 0.15) is 48.7 Å². The Bertz CT molecular complexity index is 555. The standard InChI is InChI=1S/C13H17BN2O4/c1-12(2)13(3,4)20-14(19-12)9-6-5-8(7-17)16-10(9)11(15)18/h5-7H,1-4H3,(H2,15,18). The van der Waals surface area contributed by atoms with E-state index in [-0.39, 0.29) is 11.4 Å². The van der Waals surface area contributed by atoms with E-state index in [0.717, 1.165) is 0 Å². The van der Waals surface area contributed by atoms with E-state index in [1.54, 1.807) is 6.07 Å². The molecule has 106 valence electrons. The lowest BCUT2D eigenvalue weighted by atomic mass is 9.77. The Hall–Kier alpha value is -1.73. The first-order chi connectivity index (χ1) is 9.18. The molecule has 1 aromatic rings. The lowest BCUT2D eigenvalue weighted by Gasteiger charge is -2.32. The van der Waals surface area contributed by atoms with Gasteiger partial charge >= 0.3 is 7.12 Å². The van der Waals surface area contributed by atoms with Crippen molar-refractivity contribution in [1.29, 1.82) is 0 Å². The van der Waals surface area contributed by atoms with Crippen molar-refractivity contribution in [3.8, 4) is 0 Å². The van der Waals surface area contributed by atoms with Crippen LogP contribution >= 0.6 is 0 Å². The topological polar surface area (TPSA) is 91.5 Å². The molecule has 6 nitrogen and oxygen atoms in total. The third-order valence-electron chi connectivity index (χ3n) is 3.81. The van der Waals surface area contributed by atoms with Gasteiger partial charge in [0.15, 0.2) is 6.29 Å². The van der Waals surface area contributed by atoms with Crippen LogP contribution in [0.2, 0.25) is 0 Å². The molecule has 0 saturated carbocycles. The van der Waals surface area contributed by atoms with Crippen molar-refractivity contribution in [2.45, 2.75) is 38.9 Å². The molecule has 1 aliphatic heterocycles. The summed E-state index contributed by atoms with van der Waals surface area (Å²) >= 11 is 0. The minimum Gasteiger partial charge on any atom is -0.399 e. The molecule has 7 heteroatoms. The number of aldehydes is 1. The third-order valence-corrected chi connectivity index (χ3v) is 3.81. The molecular weight excluding hydrogens is 259 g/mol. The molecule has 0 radical (unpaired) electrons. The summed E-state index contributed by atoms with van der Waals surface area (Å²) in [5, 5.41) is 0. The highest BCUT2D eigenvalue weighted by molar-refractivity contribution is 6.63. The molecule has 20 heavy (non-hydrogen) atoms. The van der Waals surface area contributed by atoms with Gasteiger partial charge in [-0.25, -0.2) is 4.98 Å². The van der Waals surface area contributed by atoms with Gasteiger partial charge in [-0.2, -0.15) is 0 Å². The summed E-state index contributed by atoms with van der Waals surface area (Å²) < 4.78 is 11.7. The van der Waals surface area contributed by atoms with E-state index in [0.29, 0.717) is 11.7 Å². The fourth-order valence-corrected chi connectivity index (χ4v) is 1.91. The van der Waals surface area contributed by atoms with E-state index >= 15 is 0 Å². The Balaban J connectivity index is 2.44. The zero-order chi connectivity index (χ0) is 15.1. The van der Waals surface area contributed by atoms with Gasteiger partial charge in [0, 0.05) is 5.46 Å². The van der Waals surface area contributed by atoms with Crippen LogP contribution in [0.3, 0.4) is 0 Å². The molecule has 1 amide bonds. The van der Waals surface area contributed by atoms with Crippen molar-refractivity contribution in [3.05, 3.63) is 23.5 Å². The molecule has 0 aliphatic carbocycles. The van der Waals surface area contributed by atoms with Crippen LogP contribution in [-0.2, 0) is 9.31 Å². The van der Waals surface area contributed by atoms with Crippen molar-refractivity contribution >= 4 is 24.8 Å². The Morgan fingerprint density at radius 1 is 1.25 bits per heavy atom. The number of aromatic nitrogens is 1. The number of nitrogens with zero attached hydrogens (tertiary/aromatic N) is 1. The van der Waals surface area contributed by atoms with E-state index in [2.05, 4.69) is 4.98 Å². The number of carbonyl (C=O) groups excluding carboxylic acids is 2. The smallest absolute Gasteiger partial charge is 0.399 e. The molecule has 1 aliphatic rings. The largest absolute Gasteiger partial charge is 0.497 e. The molecule has 0 unspecified atom stereocenters. The van der Waals surface area contributed by atoms with E-state index in [9.17, 15) is 9.59 Å². The van der Waals surface area contributed by atoms with Crippen LogP contribution in [0.25, 0.3) is 0 Å². The molecule has 2 heterocycles. The van der Waals surface area contributed by atoms with E-state index in [1.165, 1.54) is 6.07 Å². The molecule has 1 fully saturated rings. The zero-order valence-corrected chi connectivity index (χ0v) is 12.0. The lowest BCUT2D eigenvalue weighted by molar-refractivity contribution is 0.00578. The monoisotopic (exact) mass is 276 g/mol. The van der Waals surface area contributed by atoms with Crippen LogP contribution in [0.4, 0.5) is 0 Å². The molecule has 1 aromatic heterocycles. The van der Waals surface area contributed by atoms with Crippen LogP contribution in [0, 0.1) is 0 Å².